The largest absolute Gasteiger partial charge is 0.480 e. The van der Waals surface area contributed by atoms with E-state index in [0.29, 0.717) is 19.4 Å². The number of rotatable bonds is 4. The molecule has 1 rings (SSSR count). The van der Waals surface area contributed by atoms with Crippen LogP contribution in [0.2, 0.25) is 0 Å². The Hall–Kier alpha value is -0.610. The molecule has 4 heteroatoms. The molecule has 0 aliphatic carbocycles. The number of aliphatic hydroxyl groups is 1. The molecule has 0 amide bonds. The van der Waals surface area contributed by atoms with Gasteiger partial charge in [0.25, 0.3) is 0 Å². The van der Waals surface area contributed by atoms with Gasteiger partial charge in [0.15, 0.2) is 0 Å². The van der Waals surface area contributed by atoms with Crippen LogP contribution < -0.4 is 0 Å². The summed E-state index contributed by atoms with van der Waals surface area (Å²) in [6.07, 6.45) is 1.84. The van der Waals surface area contributed by atoms with E-state index < -0.39 is 17.6 Å². The summed E-state index contributed by atoms with van der Waals surface area (Å²) in [6, 6.07) is 0. The van der Waals surface area contributed by atoms with Crippen LogP contribution in [0.15, 0.2) is 0 Å². The minimum Gasteiger partial charge on any atom is -0.480 e. The zero-order valence-electron chi connectivity index (χ0n) is 8.86. The summed E-state index contributed by atoms with van der Waals surface area (Å²) in [4.78, 5) is 13.0. The van der Waals surface area contributed by atoms with Gasteiger partial charge in [-0.2, -0.15) is 0 Å². The highest BCUT2D eigenvalue weighted by Gasteiger charge is 2.43. The van der Waals surface area contributed by atoms with Gasteiger partial charge < -0.3 is 10.2 Å². The zero-order valence-corrected chi connectivity index (χ0v) is 8.86. The average molecular weight is 201 g/mol. The third-order valence-corrected chi connectivity index (χ3v) is 3.15. The molecular weight excluding hydrogens is 182 g/mol. The van der Waals surface area contributed by atoms with Crippen molar-refractivity contribution in [3.05, 3.63) is 0 Å². The number of hydrogen-bond acceptors (Lipinski definition) is 3. The predicted octanol–water partition coefficient (Wildman–Crippen LogP) is 0.696. The van der Waals surface area contributed by atoms with Gasteiger partial charge in [0.1, 0.15) is 5.54 Å². The van der Waals surface area contributed by atoms with Crippen LogP contribution in [-0.4, -0.2) is 45.8 Å². The number of nitrogens with zero attached hydrogens (tertiary/aromatic N) is 1. The van der Waals surface area contributed by atoms with Crippen LogP contribution >= 0.6 is 0 Å². The van der Waals surface area contributed by atoms with E-state index >= 15 is 0 Å². The van der Waals surface area contributed by atoms with Crippen molar-refractivity contribution in [2.45, 2.75) is 44.8 Å². The van der Waals surface area contributed by atoms with Gasteiger partial charge in [-0.05, 0) is 32.7 Å². The van der Waals surface area contributed by atoms with Gasteiger partial charge in [-0.3, -0.25) is 9.69 Å². The summed E-state index contributed by atoms with van der Waals surface area (Å²) in [5.74, 6) is -0.779. The Morgan fingerprint density at radius 1 is 1.64 bits per heavy atom. The quantitative estimate of drug-likeness (QED) is 0.702. The molecule has 2 atom stereocenters. The standard InChI is InChI=1S/C10H19NO3/c1-3-8(12)7-11-6-4-5-10(11,2)9(13)14/h8,12H,3-7H2,1-2H3,(H,13,14). The van der Waals surface area contributed by atoms with Gasteiger partial charge >= 0.3 is 5.97 Å². The fourth-order valence-corrected chi connectivity index (χ4v) is 1.94. The maximum atomic E-state index is 11.1. The number of likely N-dealkylation sites (tertiary alicyclic amines) is 1. The highest BCUT2D eigenvalue weighted by molar-refractivity contribution is 5.78. The lowest BCUT2D eigenvalue weighted by molar-refractivity contribution is -0.149. The molecule has 1 aliphatic rings. The second-order valence-corrected chi connectivity index (χ2v) is 4.19. The highest BCUT2D eigenvalue weighted by Crippen LogP contribution is 2.29. The zero-order chi connectivity index (χ0) is 10.8. The van der Waals surface area contributed by atoms with Gasteiger partial charge in [-0.1, -0.05) is 6.92 Å². The van der Waals surface area contributed by atoms with E-state index in [-0.39, 0.29) is 0 Å². The topological polar surface area (TPSA) is 60.8 Å². The first kappa shape index (κ1) is 11.5. The van der Waals surface area contributed by atoms with Gasteiger partial charge in [-0.25, -0.2) is 0 Å². The first-order valence-corrected chi connectivity index (χ1v) is 5.17. The summed E-state index contributed by atoms with van der Waals surface area (Å²) in [7, 11) is 0. The second-order valence-electron chi connectivity index (χ2n) is 4.19. The smallest absolute Gasteiger partial charge is 0.323 e. The molecule has 4 nitrogen and oxygen atoms in total. The van der Waals surface area contributed by atoms with Crippen LogP contribution in [0, 0.1) is 0 Å². The summed E-state index contributed by atoms with van der Waals surface area (Å²) in [5, 5.41) is 18.6. The molecule has 1 fully saturated rings. The van der Waals surface area contributed by atoms with E-state index in [1.54, 1.807) is 6.92 Å². The number of β-amino-alcohol motifs (C(OH)–C–C–N with tert-alkyl or cyclic N) is 1. The molecule has 0 aromatic carbocycles. The first-order valence-electron chi connectivity index (χ1n) is 5.17. The number of carbonyl (C=O) groups is 1. The van der Waals surface area contributed by atoms with Crippen molar-refractivity contribution in [1.82, 2.24) is 4.90 Å². The summed E-state index contributed by atoms with van der Waals surface area (Å²) >= 11 is 0. The number of aliphatic hydroxyl groups excluding tert-OH is 1. The Morgan fingerprint density at radius 2 is 2.29 bits per heavy atom. The minimum atomic E-state index is -0.779. The monoisotopic (exact) mass is 201 g/mol. The van der Waals surface area contributed by atoms with E-state index in [1.807, 2.05) is 11.8 Å². The molecule has 1 saturated heterocycles. The third-order valence-electron chi connectivity index (χ3n) is 3.15. The van der Waals surface area contributed by atoms with Crippen molar-refractivity contribution in [1.29, 1.82) is 0 Å². The molecular formula is C10H19NO3. The normalized spacial score (nSPS) is 30.5. The number of carboxylic acid groups (broad SMARTS) is 1. The molecule has 0 spiro atoms. The fourth-order valence-electron chi connectivity index (χ4n) is 1.94. The fraction of sp³-hybridized carbons (Fsp3) is 0.900. The van der Waals surface area contributed by atoms with Crippen molar-refractivity contribution in [2.75, 3.05) is 13.1 Å². The average Bonchev–Trinajstić information content (AvgIpc) is 2.49. The van der Waals surface area contributed by atoms with Gasteiger partial charge in [0.2, 0.25) is 0 Å². The second kappa shape index (κ2) is 4.28. The van der Waals surface area contributed by atoms with Crippen LogP contribution in [0.25, 0.3) is 0 Å². The van der Waals surface area contributed by atoms with Crippen molar-refractivity contribution in [2.24, 2.45) is 0 Å². The van der Waals surface area contributed by atoms with Crippen LogP contribution in [0.5, 0.6) is 0 Å². The first-order chi connectivity index (χ1) is 6.50. The molecule has 2 N–H and O–H groups in total. The van der Waals surface area contributed by atoms with Crippen LogP contribution in [0.3, 0.4) is 0 Å². The molecule has 0 saturated carbocycles. The van der Waals surface area contributed by atoms with E-state index in [2.05, 4.69) is 0 Å². The predicted molar refractivity (Wildman–Crippen MR) is 53.1 cm³/mol. The molecule has 0 aromatic heterocycles. The van der Waals surface area contributed by atoms with E-state index in [4.69, 9.17) is 5.11 Å². The lowest BCUT2D eigenvalue weighted by atomic mass is 9.99. The van der Waals surface area contributed by atoms with Crippen molar-refractivity contribution >= 4 is 5.97 Å². The molecule has 0 bridgehead atoms. The van der Waals surface area contributed by atoms with Crippen molar-refractivity contribution < 1.29 is 15.0 Å². The maximum Gasteiger partial charge on any atom is 0.323 e. The van der Waals surface area contributed by atoms with Gasteiger partial charge in [0.05, 0.1) is 6.10 Å². The van der Waals surface area contributed by atoms with E-state index in [9.17, 15) is 9.90 Å². The molecule has 82 valence electrons. The third kappa shape index (κ3) is 2.07. The molecule has 14 heavy (non-hydrogen) atoms. The SMILES string of the molecule is CCC(O)CN1CCCC1(C)C(=O)O. The Kier molecular flexibility index (Phi) is 3.50. The summed E-state index contributed by atoms with van der Waals surface area (Å²) in [5.41, 5.74) is -0.768. The minimum absolute atomic E-state index is 0.410. The number of carboxylic acids is 1. The molecule has 1 aliphatic heterocycles. The molecule has 0 radical (unpaired) electrons. The van der Waals surface area contributed by atoms with E-state index in [1.165, 1.54) is 0 Å². The number of hydrogen-bond donors (Lipinski definition) is 2. The maximum absolute atomic E-state index is 11.1. The Labute approximate surface area is 84.5 Å². The summed E-state index contributed by atoms with van der Waals surface area (Å²) in [6.45, 7) is 4.89. The molecule has 0 aromatic rings. The highest BCUT2D eigenvalue weighted by atomic mass is 16.4. The lowest BCUT2D eigenvalue weighted by Crippen LogP contribution is -2.50. The Balaban J connectivity index is 2.64. The molecule has 1 heterocycles. The lowest BCUT2D eigenvalue weighted by Gasteiger charge is -2.32. The van der Waals surface area contributed by atoms with Gasteiger partial charge in [-0.15, -0.1) is 0 Å². The van der Waals surface area contributed by atoms with Gasteiger partial charge in [0, 0.05) is 6.54 Å². The van der Waals surface area contributed by atoms with Crippen LogP contribution in [0.4, 0.5) is 0 Å². The van der Waals surface area contributed by atoms with Crippen molar-refractivity contribution in [3.63, 3.8) is 0 Å². The van der Waals surface area contributed by atoms with Crippen molar-refractivity contribution in [3.8, 4) is 0 Å². The van der Waals surface area contributed by atoms with Crippen LogP contribution in [-0.2, 0) is 4.79 Å². The van der Waals surface area contributed by atoms with Crippen LogP contribution in [0.1, 0.15) is 33.1 Å². The Morgan fingerprint density at radius 3 is 2.79 bits per heavy atom. The summed E-state index contributed by atoms with van der Waals surface area (Å²) < 4.78 is 0. The number of aliphatic carboxylic acids is 1. The van der Waals surface area contributed by atoms with E-state index in [0.717, 1.165) is 13.0 Å². The molecule has 2 unspecified atom stereocenters. The Bertz CT molecular complexity index is 219.